The van der Waals surface area contributed by atoms with Gasteiger partial charge in [-0.3, -0.25) is 0 Å². The van der Waals surface area contributed by atoms with E-state index in [0.717, 1.165) is 34.8 Å². The Morgan fingerprint density at radius 1 is 1.33 bits per heavy atom. The number of hydrogen-bond acceptors (Lipinski definition) is 3. The van der Waals surface area contributed by atoms with Crippen molar-refractivity contribution < 1.29 is 13.2 Å². The molecule has 1 heterocycles. The molecule has 0 fully saturated rings. The maximum Gasteiger partial charge on any atom is 0.416 e. The van der Waals surface area contributed by atoms with Crippen molar-refractivity contribution >= 4 is 17.4 Å². The number of allylic oxidation sites excluding steroid dienone is 1. The lowest BCUT2D eigenvalue weighted by molar-refractivity contribution is -0.137. The number of alkyl halides is 3. The van der Waals surface area contributed by atoms with Gasteiger partial charge in [0.15, 0.2) is 0 Å². The number of halogens is 3. The van der Waals surface area contributed by atoms with E-state index in [2.05, 4.69) is 5.32 Å². The Labute approximate surface area is 107 Å². The molecule has 0 spiro atoms. The number of fused-ring (bicyclic) bond motifs is 1. The molecular weight excluding hydrogens is 261 g/mol. The smallest absolute Gasteiger partial charge is 0.385 e. The van der Waals surface area contributed by atoms with Crippen molar-refractivity contribution in [2.45, 2.75) is 30.8 Å². The largest absolute Gasteiger partial charge is 0.416 e. The van der Waals surface area contributed by atoms with Crippen molar-refractivity contribution in [1.82, 2.24) is 0 Å². The van der Waals surface area contributed by atoms with Gasteiger partial charge >= 0.3 is 6.18 Å². The molecule has 3 N–H and O–H groups in total. The molecule has 0 aliphatic carbocycles. The van der Waals surface area contributed by atoms with Crippen LogP contribution in [0.4, 0.5) is 18.9 Å². The van der Waals surface area contributed by atoms with Crippen LogP contribution in [0.2, 0.25) is 0 Å². The molecule has 0 unspecified atom stereocenters. The van der Waals surface area contributed by atoms with Gasteiger partial charge in [0, 0.05) is 9.80 Å². The summed E-state index contributed by atoms with van der Waals surface area (Å²) >= 11 is 1.43. The first-order valence-electron chi connectivity index (χ1n) is 5.56. The Morgan fingerprint density at radius 2 is 2.06 bits per heavy atom. The van der Waals surface area contributed by atoms with Crippen LogP contribution in [-0.4, -0.2) is 0 Å². The Hall–Kier alpha value is -1.30. The van der Waals surface area contributed by atoms with E-state index in [0.29, 0.717) is 11.5 Å². The van der Waals surface area contributed by atoms with E-state index in [1.165, 1.54) is 17.8 Å². The summed E-state index contributed by atoms with van der Waals surface area (Å²) in [4.78, 5) is 1.76. The number of benzene rings is 1. The highest BCUT2D eigenvalue weighted by molar-refractivity contribution is 8.03. The third-order valence-corrected chi connectivity index (χ3v) is 3.83. The van der Waals surface area contributed by atoms with Crippen molar-refractivity contribution in [1.29, 1.82) is 0 Å². The molecule has 1 aromatic carbocycles. The number of rotatable bonds is 2. The third-order valence-electron chi connectivity index (χ3n) is 2.59. The highest BCUT2D eigenvalue weighted by atomic mass is 32.2. The predicted molar refractivity (Wildman–Crippen MR) is 67.0 cm³/mol. The third kappa shape index (κ3) is 2.58. The zero-order chi connectivity index (χ0) is 13.3. The standard InChI is InChI=1S/C12H13F3N2S/c1-2-3-10-11(16)17-8-6-7(12(13,14)15)4-5-9(8)18-10/h4-6,17H,2-3,16H2,1H3. The monoisotopic (exact) mass is 274 g/mol. The fourth-order valence-corrected chi connectivity index (χ4v) is 2.80. The summed E-state index contributed by atoms with van der Waals surface area (Å²) in [6.07, 6.45) is -2.56. The topological polar surface area (TPSA) is 38.0 Å². The number of anilines is 1. The minimum absolute atomic E-state index is 0.423. The molecule has 1 aliphatic heterocycles. The molecular formula is C12H13F3N2S. The number of hydrogen-bond donors (Lipinski definition) is 2. The van der Waals surface area contributed by atoms with Crippen LogP contribution in [0.3, 0.4) is 0 Å². The van der Waals surface area contributed by atoms with E-state index in [1.54, 1.807) is 0 Å². The second-order valence-corrected chi connectivity index (χ2v) is 5.16. The maximum atomic E-state index is 12.6. The summed E-state index contributed by atoms with van der Waals surface area (Å²) in [5.74, 6) is 0.452. The molecule has 0 saturated heterocycles. The lowest BCUT2D eigenvalue weighted by atomic mass is 10.2. The fraction of sp³-hybridized carbons (Fsp3) is 0.333. The fourth-order valence-electron chi connectivity index (χ4n) is 1.71. The molecule has 6 heteroatoms. The Bertz CT molecular complexity index is 495. The number of nitrogens with two attached hydrogens (primary N) is 1. The Balaban J connectivity index is 2.32. The van der Waals surface area contributed by atoms with Crippen molar-refractivity contribution in [3.63, 3.8) is 0 Å². The van der Waals surface area contributed by atoms with Crippen molar-refractivity contribution in [3.05, 3.63) is 34.5 Å². The maximum absolute atomic E-state index is 12.6. The van der Waals surface area contributed by atoms with Crippen LogP contribution >= 0.6 is 11.8 Å². The predicted octanol–water partition coefficient (Wildman–Crippen LogP) is 4.15. The van der Waals surface area contributed by atoms with E-state index in [4.69, 9.17) is 5.73 Å². The van der Waals surface area contributed by atoms with Gasteiger partial charge in [0.2, 0.25) is 0 Å². The first-order chi connectivity index (χ1) is 8.41. The van der Waals surface area contributed by atoms with E-state index < -0.39 is 11.7 Å². The van der Waals surface area contributed by atoms with Gasteiger partial charge in [0.1, 0.15) is 5.82 Å². The van der Waals surface area contributed by atoms with Gasteiger partial charge in [-0.1, -0.05) is 25.1 Å². The van der Waals surface area contributed by atoms with Crippen LogP contribution in [0.5, 0.6) is 0 Å². The summed E-state index contributed by atoms with van der Waals surface area (Å²) in [5.41, 5.74) is 5.56. The average Bonchev–Trinajstić information content (AvgIpc) is 2.28. The van der Waals surface area contributed by atoms with Crippen molar-refractivity contribution in [3.8, 4) is 0 Å². The molecule has 0 bridgehead atoms. The molecule has 1 aromatic rings. The SMILES string of the molecule is CCCC1=C(N)Nc2cc(C(F)(F)F)ccc2S1. The lowest BCUT2D eigenvalue weighted by Crippen LogP contribution is -2.16. The minimum Gasteiger partial charge on any atom is -0.385 e. The first kappa shape index (κ1) is 13.1. The van der Waals surface area contributed by atoms with E-state index in [-0.39, 0.29) is 0 Å². The molecule has 98 valence electrons. The van der Waals surface area contributed by atoms with Crippen LogP contribution in [0.1, 0.15) is 25.3 Å². The van der Waals surface area contributed by atoms with E-state index >= 15 is 0 Å². The number of nitrogens with one attached hydrogen (secondary N) is 1. The Morgan fingerprint density at radius 3 is 2.67 bits per heavy atom. The van der Waals surface area contributed by atoms with Gasteiger partial charge in [-0.25, -0.2) is 0 Å². The normalized spacial score (nSPS) is 15.3. The molecule has 18 heavy (non-hydrogen) atoms. The van der Waals surface area contributed by atoms with Gasteiger partial charge in [-0.05, 0) is 24.6 Å². The summed E-state index contributed by atoms with van der Waals surface area (Å²) < 4.78 is 37.7. The van der Waals surface area contributed by atoms with Gasteiger partial charge in [-0.15, -0.1) is 0 Å². The van der Waals surface area contributed by atoms with Gasteiger partial charge < -0.3 is 11.1 Å². The highest BCUT2D eigenvalue weighted by Crippen LogP contribution is 2.42. The van der Waals surface area contributed by atoms with Crippen molar-refractivity contribution in [2.75, 3.05) is 5.32 Å². The molecule has 0 aromatic heterocycles. The Kier molecular flexibility index (Phi) is 3.47. The molecule has 2 rings (SSSR count). The van der Waals surface area contributed by atoms with Crippen LogP contribution < -0.4 is 11.1 Å². The van der Waals surface area contributed by atoms with Crippen LogP contribution in [0.15, 0.2) is 33.8 Å². The second kappa shape index (κ2) is 4.76. The number of thioether (sulfide) groups is 1. The van der Waals surface area contributed by atoms with E-state index in [9.17, 15) is 13.2 Å². The van der Waals surface area contributed by atoms with Crippen LogP contribution in [0.25, 0.3) is 0 Å². The quantitative estimate of drug-likeness (QED) is 0.850. The van der Waals surface area contributed by atoms with Crippen molar-refractivity contribution in [2.24, 2.45) is 5.73 Å². The van der Waals surface area contributed by atoms with Crippen LogP contribution in [0, 0.1) is 0 Å². The molecule has 0 saturated carbocycles. The highest BCUT2D eigenvalue weighted by Gasteiger charge is 2.31. The molecule has 1 aliphatic rings. The van der Waals surface area contributed by atoms with Gasteiger partial charge in [0.05, 0.1) is 11.3 Å². The lowest BCUT2D eigenvalue weighted by Gasteiger charge is -2.22. The van der Waals surface area contributed by atoms with Gasteiger partial charge in [-0.2, -0.15) is 13.2 Å². The summed E-state index contributed by atoms with van der Waals surface area (Å²) in [7, 11) is 0. The molecule has 0 radical (unpaired) electrons. The summed E-state index contributed by atoms with van der Waals surface area (Å²) in [6.45, 7) is 2.03. The summed E-state index contributed by atoms with van der Waals surface area (Å²) in [5, 5.41) is 2.84. The molecule has 0 atom stereocenters. The van der Waals surface area contributed by atoms with E-state index in [1.807, 2.05) is 6.92 Å². The molecule has 0 amide bonds. The minimum atomic E-state index is -4.33. The van der Waals surface area contributed by atoms with Crippen LogP contribution in [-0.2, 0) is 6.18 Å². The zero-order valence-corrected chi connectivity index (χ0v) is 10.6. The average molecular weight is 274 g/mol. The second-order valence-electron chi connectivity index (χ2n) is 4.02. The first-order valence-corrected chi connectivity index (χ1v) is 6.38. The summed E-state index contributed by atoms with van der Waals surface area (Å²) in [6, 6.07) is 3.68. The molecule has 2 nitrogen and oxygen atoms in total. The zero-order valence-electron chi connectivity index (χ0n) is 9.77. The van der Waals surface area contributed by atoms with Gasteiger partial charge in [0.25, 0.3) is 0 Å².